The zero-order chi connectivity index (χ0) is 14.4. The molecule has 0 radical (unpaired) electrons. The number of pyridine rings is 1. The van der Waals surface area contributed by atoms with E-state index in [0.29, 0.717) is 17.0 Å². The quantitative estimate of drug-likeness (QED) is 0.822. The zero-order valence-electron chi connectivity index (χ0n) is 10.6. The molecule has 1 amide bonds. The number of amides is 1. The first-order valence-corrected chi connectivity index (χ1v) is 6.28. The number of ether oxygens (including phenoxy) is 1. The van der Waals surface area contributed by atoms with Gasteiger partial charge < -0.3 is 15.8 Å². The van der Waals surface area contributed by atoms with Crippen LogP contribution >= 0.6 is 12.2 Å². The molecule has 2 aromatic rings. The van der Waals surface area contributed by atoms with Crippen LogP contribution < -0.4 is 15.8 Å². The van der Waals surface area contributed by atoms with Gasteiger partial charge in [0, 0.05) is 29.7 Å². The molecule has 0 bridgehead atoms. The summed E-state index contributed by atoms with van der Waals surface area (Å²) in [5.41, 5.74) is 6.53. The van der Waals surface area contributed by atoms with E-state index in [1.54, 1.807) is 48.8 Å². The number of hydrogen-bond acceptors (Lipinski definition) is 4. The lowest BCUT2D eigenvalue weighted by Crippen LogP contribution is -2.18. The van der Waals surface area contributed by atoms with E-state index < -0.39 is 0 Å². The number of nitrogens with two attached hydrogens (primary N) is 1. The zero-order valence-corrected chi connectivity index (χ0v) is 11.4. The summed E-state index contributed by atoms with van der Waals surface area (Å²) in [6.07, 6.45) is 3.13. The smallest absolute Gasteiger partial charge is 0.255 e. The fourth-order valence-electron chi connectivity index (χ4n) is 1.52. The van der Waals surface area contributed by atoms with Crippen LogP contribution in [0.2, 0.25) is 0 Å². The summed E-state index contributed by atoms with van der Waals surface area (Å²) < 4.78 is 5.37. The lowest BCUT2D eigenvalue weighted by molar-refractivity contribution is 0.102. The molecular formula is C14H13N3O2S. The first-order chi connectivity index (χ1) is 9.65. The fraction of sp³-hybridized carbons (Fsp3) is 0.0714. The van der Waals surface area contributed by atoms with Gasteiger partial charge in [-0.25, -0.2) is 0 Å². The molecule has 2 rings (SSSR count). The van der Waals surface area contributed by atoms with Crippen molar-refractivity contribution in [3.63, 3.8) is 0 Å². The maximum atomic E-state index is 12.0. The third-order valence-electron chi connectivity index (χ3n) is 2.42. The monoisotopic (exact) mass is 287 g/mol. The van der Waals surface area contributed by atoms with Crippen molar-refractivity contribution in [1.82, 2.24) is 4.98 Å². The van der Waals surface area contributed by atoms with E-state index >= 15 is 0 Å². The van der Waals surface area contributed by atoms with Crippen LogP contribution in [0.4, 0.5) is 5.69 Å². The number of nitrogens with zero attached hydrogens (tertiary/aromatic N) is 1. The summed E-state index contributed by atoms with van der Waals surface area (Å²) in [6, 6.07) is 10.3. The molecule has 0 aliphatic heterocycles. The highest BCUT2D eigenvalue weighted by Crippen LogP contribution is 2.18. The molecule has 0 spiro atoms. The fourth-order valence-corrected chi connectivity index (χ4v) is 1.58. The molecule has 0 saturated heterocycles. The van der Waals surface area contributed by atoms with Gasteiger partial charge in [-0.3, -0.25) is 9.78 Å². The molecule has 102 valence electrons. The van der Waals surface area contributed by atoms with Crippen molar-refractivity contribution in [2.75, 3.05) is 11.9 Å². The van der Waals surface area contributed by atoms with Crippen molar-refractivity contribution < 1.29 is 9.53 Å². The number of anilines is 1. The second kappa shape index (κ2) is 6.63. The molecule has 5 nitrogen and oxygen atoms in total. The molecule has 0 fully saturated rings. The van der Waals surface area contributed by atoms with Crippen molar-refractivity contribution in [2.45, 2.75) is 0 Å². The minimum atomic E-state index is -0.209. The Morgan fingerprint density at radius 2 is 2.05 bits per heavy atom. The highest BCUT2D eigenvalue weighted by Gasteiger charge is 2.06. The largest absolute Gasteiger partial charge is 0.486 e. The van der Waals surface area contributed by atoms with Crippen LogP contribution in [0.3, 0.4) is 0 Å². The third kappa shape index (κ3) is 4.03. The van der Waals surface area contributed by atoms with E-state index in [9.17, 15) is 4.79 Å². The number of benzene rings is 1. The molecule has 0 aliphatic carbocycles. The number of nitrogens with one attached hydrogen (secondary N) is 1. The van der Waals surface area contributed by atoms with Gasteiger partial charge in [-0.2, -0.15) is 0 Å². The molecule has 1 aromatic heterocycles. The summed E-state index contributed by atoms with van der Waals surface area (Å²) >= 11 is 4.74. The van der Waals surface area contributed by atoms with Crippen molar-refractivity contribution in [1.29, 1.82) is 0 Å². The van der Waals surface area contributed by atoms with Crippen LogP contribution in [0.15, 0.2) is 48.8 Å². The molecule has 0 aliphatic rings. The number of carbonyl (C=O) groups is 1. The Kier molecular flexibility index (Phi) is 4.62. The maximum Gasteiger partial charge on any atom is 0.255 e. The average Bonchev–Trinajstić information content (AvgIpc) is 2.46. The van der Waals surface area contributed by atoms with Gasteiger partial charge in [0.1, 0.15) is 17.3 Å². The Bertz CT molecular complexity index is 617. The van der Waals surface area contributed by atoms with E-state index in [0.717, 1.165) is 0 Å². The summed E-state index contributed by atoms with van der Waals surface area (Å²) in [4.78, 5) is 16.1. The Morgan fingerprint density at radius 1 is 1.30 bits per heavy atom. The number of thiocarbonyl (C=S) groups is 1. The summed E-state index contributed by atoms with van der Waals surface area (Å²) in [5.74, 6) is 0.379. The molecule has 0 saturated carbocycles. The molecule has 1 heterocycles. The van der Waals surface area contributed by atoms with Gasteiger partial charge in [0.2, 0.25) is 0 Å². The van der Waals surface area contributed by atoms with E-state index in [1.807, 2.05) is 0 Å². The third-order valence-corrected chi connectivity index (χ3v) is 2.53. The SMILES string of the molecule is NC(=S)COc1cccc(NC(=O)c2ccncc2)c1. The van der Waals surface area contributed by atoms with Crippen molar-refractivity contribution in [2.24, 2.45) is 5.73 Å². The van der Waals surface area contributed by atoms with Gasteiger partial charge in [-0.05, 0) is 24.3 Å². The van der Waals surface area contributed by atoms with Crippen molar-refractivity contribution >= 4 is 28.8 Å². The summed E-state index contributed by atoms with van der Waals surface area (Å²) in [5, 5.41) is 2.78. The van der Waals surface area contributed by atoms with E-state index in [2.05, 4.69) is 10.3 Å². The van der Waals surface area contributed by atoms with Gasteiger partial charge in [0.05, 0.1) is 0 Å². The van der Waals surface area contributed by atoms with Crippen LogP contribution in [-0.2, 0) is 0 Å². The molecule has 3 N–H and O–H groups in total. The van der Waals surface area contributed by atoms with Crippen LogP contribution in [-0.4, -0.2) is 22.5 Å². The number of rotatable bonds is 5. The standard InChI is InChI=1S/C14H13N3O2S/c15-13(20)9-19-12-3-1-2-11(8-12)17-14(18)10-4-6-16-7-5-10/h1-8H,9H2,(H2,15,20)(H,17,18). The van der Waals surface area contributed by atoms with Crippen LogP contribution in [0.1, 0.15) is 10.4 Å². The predicted octanol–water partition coefficient (Wildman–Crippen LogP) is 2.00. The van der Waals surface area contributed by atoms with Gasteiger partial charge >= 0.3 is 0 Å². The van der Waals surface area contributed by atoms with Gasteiger partial charge in [0.25, 0.3) is 5.91 Å². The molecule has 1 aromatic carbocycles. The lowest BCUT2D eigenvalue weighted by atomic mass is 10.2. The number of aromatic nitrogens is 1. The van der Waals surface area contributed by atoms with E-state index in [4.69, 9.17) is 22.7 Å². The molecule has 20 heavy (non-hydrogen) atoms. The van der Waals surface area contributed by atoms with Crippen LogP contribution in [0.5, 0.6) is 5.75 Å². The highest BCUT2D eigenvalue weighted by atomic mass is 32.1. The van der Waals surface area contributed by atoms with Gasteiger partial charge in [0.15, 0.2) is 0 Å². The first kappa shape index (κ1) is 14.0. The minimum absolute atomic E-state index is 0.164. The van der Waals surface area contributed by atoms with Crippen LogP contribution in [0, 0.1) is 0 Å². The average molecular weight is 287 g/mol. The summed E-state index contributed by atoms with van der Waals surface area (Å²) in [7, 11) is 0. The molecule has 0 unspecified atom stereocenters. The maximum absolute atomic E-state index is 12.0. The Balaban J connectivity index is 2.04. The Morgan fingerprint density at radius 3 is 2.75 bits per heavy atom. The van der Waals surface area contributed by atoms with Crippen molar-refractivity contribution in [3.05, 3.63) is 54.4 Å². The number of hydrogen-bond donors (Lipinski definition) is 2. The van der Waals surface area contributed by atoms with E-state index in [-0.39, 0.29) is 17.5 Å². The second-order valence-electron chi connectivity index (χ2n) is 3.97. The topological polar surface area (TPSA) is 77.2 Å². The Labute approximate surface area is 121 Å². The molecular weight excluding hydrogens is 274 g/mol. The molecule has 0 atom stereocenters. The van der Waals surface area contributed by atoms with Gasteiger partial charge in [-0.15, -0.1) is 0 Å². The minimum Gasteiger partial charge on any atom is -0.486 e. The van der Waals surface area contributed by atoms with Gasteiger partial charge in [-0.1, -0.05) is 18.3 Å². The van der Waals surface area contributed by atoms with Crippen LogP contribution in [0.25, 0.3) is 0 Å². The van der Waals surface area contributed by atoms with E-state index in [1.165, 1.54) is 0 Å². The highest BCUT2D eigenvalue weighted by molar-refractivity contribution is 7.80. The lowest BCUT2D eigenvalue weighted by Gasteiger charge is -2.08. The second-order valence-corrected chi connectivity index (χ2v) is 4.50. The summed E-state index contributed by atoms with van der Waals surface area (Å²) in [6.45, 7) is 0.164. The first-order valence-electron chi connectivity index (χ1n) is 5.88. The van der Waals surface area contributed by atoms with Crippen molar-refractivity contribution in [3.8, 4) is 5.75 Å². The Hall–Kier alpha value is -2.47. The molecule has 6 heteroatoms. The normalized spacial score (nSPS) is 9.80. The predicted molar refractivity (Wildman–Crippen MR) is 80.9 cm³/mol. The number of carbonyl (C=O) groups excluding carboxylic acids is 1.